The zero-order valence-corrected chi connectivity index (χ0v) is 11.9. The second kappa shape index (κ2) is 5.54. The maximum absolute atomic E-state index is 12.0. The first-order valence-electron chi connectivity index (χ1n) is 5.33. The molecule has 4 nitrogen and oxygen atoms in total. The lowest BCUT2D eigenvalue weighted by Crippen LogP contribution is -2.23. The van der Waals surface area contributed by atoms with Crippen LogP contribution in [0.4, 0.5) is 5.69 Å². The number of carbonyl (C=O) groups is 1. The molecule has 18 heavy (non-hydrogen) atoms. The average molecular weight is 329 g/mol. The Balaban J connectivity index is 2.09. The van der Waals surface area contributed by atoms with Crippen molar-refractivity contribution in [3.63, 3.8) is 0 Å². The summed E-state index contributed by atoms with van der Waals surface area (Å²) in [6.07, 6.45) is 3.39. The maximum atomic E-state index is 12.0. The van der Waals surface area contributed by atoms with E-state index in [-0.39, 0.29) is 11.9 Å². The van der Waals surface area contributed by atoms with Gasteiger partial charge in [-0.2, -0.15) is 5.10 Å². The third-order valence-electron chi connectivity index (χ3n) is 2.49. The molecule has 0 spiro atoms. The van der Waals surface area contributed by atoms with Crippen LogP contribution in [0.5, 0.6) is 0 Å². The summed E-state index contributed by atoms with van der Waals surface area (Å²) in [5, 5.41) is 7.38. The minimum atomic E-state index is -0.373. The lowest BCUT2D eigenvalue weighted by atomic mass is 10.2. The molecule has 1 aromatic heterocycles. The molecule has 1 aromatic carbocycles. The second-order valence-corrected chi connectivity index (χ2v) is 5.04. The molecule has 1 N–H and O–H groups in total. The topological polar surface area (TPSA) is 46.9 Å². The summed E-state index contributed by atoms with van der Waals surface area (Å²) in [6.45, 7) is 1.78. The second-order valence-electron chi connectivity index (χ2n) is 3.78. The first-order chi connectivity index (χ1) is 8.58. The van der Waals surface area contributed by atoms with Gasteiger partial charge in [0.25, 0.3) is 0 Å². The molecule has 2 rings (SSSR count). The number of hydrogen-bond donors (Lipinski definition) is 1. The first-order valence-corrected chi connectivity index (χ1v) is 6.50. The van der Waals surface area contributed by atoms with E-state index in [1.807, 2.05) is 0 Å². The predicted molar refractivity (Wildman–Crippen MR) is 74.7 cm³/mol. The van der Waals surface area contributed by atoms with Gasteiger partial charge >= 0.3 is 0 Å². The smallest absolute Gasteiger partial charge is 0.248 e. The van der Waals surface area contributed by atoms with Crippen molar-refractivity contribution in [1.29, 1.82) is 0 Å². The van der Waals surface area contributed by atoms with Crippen molar-refractivity contribution in [3.05, 3.63) is 46.2 Å². The predicted octanol–water partition coefficient (Wildman–Crippen LogP) is 3.50. The SMILES string of the molecule is CC(C(=O)Nc1ccc(Br)c(Cl)c1)n1cccn1. The summed E-state index contributed by atoms with van der Waals surface area (Å²) in [5.41, 5.74) is 0.659. The van der Waals surface area contributed by atoms with Gasteiger partial charge in [-0.25, -0.2) is 0 Å². The molecule has 94 valence electrons. The Morgan fingerprint density at radius 3 is 2.94 bits per heavy atom. The van der Waals surface area contributed by atoms with E-state index in [1.54, 1.807) is 48.3 Å². The van der Waals surface area contributed by atoms with Crippen LogP contribution >= 0.6 is 27.5 Å². The Bertz CT molecular complexity index is 556. The molecule has 1 amide bonds. The van der Waals surface area contributed by atoms with Crippen LogP contribution in [0.2, 0.25) is 5.02 Å². The van der Waals surface area contributed by atoms with Gasteiger partial charge in [0.15, 0.2) is 0 Å². The van der Waals surface area contributed by atoms with Crippen LogP contribution in [-0.2, 0) is 4.79 Å². The van der Waals surface area contributed by atoms with E-state index in [1.165, 1.54) is 0 Å². The summed E-state index contributed by atoms with van der Waals surface area (Å²) in [5.74, 6) is -0.142. The standard InChI is InChI=1S/C12H11BrClN3O/c1-8(17-6-2-5-15-17)12(18)16-9-3-4-10(13)11(14)7-9/h2-8H,1H3,(H,16,18). The van der Waals surface area contributed by atoms with E-state index in [9.17, 15) is 4.79 Å². The Labute approximate surface area is 118 Å². The number of aromatic nitrogens is 2. The minimum Gasteiger partial charge on any atom is -0.324 e. The number of amides is 1. The van der Waals surface area contributed by atoms with Crippen molar-refractivity contribution in [1.82, 2.24) is 9.78 Å². The van der Waals surface area contributed by atoms with Crippen molar-refractivity contribution < 1.29 is 4.79 Å². The summed E-state index contributed by atoms with van der Waals surface area (Å²) in [7, 11) is 0. The number of anilines is 1. The quantitative estimate of drug-likeness (QED) is 0.937. The lowest BCUT2D eigenvalue weighted by molar-refractivity contribution is -0.119. The van der Waals surface area contributed by atoms with E-state index in [2.05, 4.69) is 26.3 Å². The highest BCUT2D eigenvalue weighted by Crippen LogP contribution is 2.25. The molecule has 6 heteroatoms. The fourth-order valence-corrected chi connectivity index (χ4v) is 1.88. The normalized spacial score (nSPS) is 12.2. The monoisotopic (exact) mass is 327 g/mol. The fourth-order valence-electron chi connectivity index (χ4n) is 1.45. The van der Waals surface area contributed by atoms with Crippen LogP contribution < -0.4 is 5.32 Å². The number of hydrogen-bond acceptors (Lipinski definition) is 2. The maximum Gasteiger partial charge on any atom is 0.248 e. The van der Waals surface area contributed by atoms with Crippen molar-refractivity contribution in [2.24, 2.45) is 0 Å². The van der Waals surface area contributed by atoms with Gasteiger partial charge in [0.2, 0.25) is 5.91 Å². The number of benzene rings is 1. The van der Waals surface area contributed by atoms with Gasteiger partial charge in [-0.05, 0) is 47.1 Å². The molecule has 0 aliphatic heterocycles. The van der Waals surface area contributed by atoms with Crippen LogP contribution in [0.15, 0.2) is 41.1 Å². The molecule has 1 atom stereocenters. The van der Waals surface area contributed by atoms with Crippen LogP contribution in [0.3, 0.4) is 0 Å². The van der Waals surface area contributed by atoms with Gasteiger partial charge in [0, 0.05) is 22.6 Å². The largest absolute Gasteiger partial charge is 0.324 e. The Kier molecular flexibility index (Phi) is 4.04. The number of carbonyl (C=O) groups excluding carboxylic acids is 1. The molecule has 1 heterocycles. The first kappa shape index (κ1) is 13.1. The van der Waals surface area contributed by atoms with Gasteiger partial charge in [0.05, 0.1) is 5.02 Å². The molecule has 1 unspecified atom stereocenters. The van der Waals surface area contributed by atoms with Crippen LogP contribution in [-0.4, -0.2) is 15.7 Å². The van der Waals surface area contributed by atoms with Crippen LogP contribution in [0, 0.1) is 0 Å². The Hall–Kier alpha value is -1.33. The summed E-state index contributed by atoms with van der Waals surface area (Å²) >= 11 is 9.26. The molecule has 0 saturated heterocycles. The van der Waals surface area contributed by atoms with Crippen LogP contribution in [0.1, 0.15) is 13.0 Å². The Morgan fingerprint density at radius 2 is 2.33 bits per heavy atom. The molecule has 0 aliphatic rings. The number of rotatable bonds is 3. The number of nitrogens with one attached hydrogen (secondary N) is 1. The number of nitrogens with zero attached hydrogens (tertiary/aromatic N) is 2. The molecule has 2 aromatic rings. The van der Waals surface area contributed by atoms with Gasteiger partial charge in [-0.15, -0.1) is 0 Å². The molecule has 0 radical (unpaired) electrons. The molecular weight excluding hydrogens is 318 g/mol. The molecular formula is C12H11BrClN3O. The van der Waals surface area contributed by atoms with Crippen LogP contribution in [0.25, 0.3) is 0 Å². The van der Waals surface area contributed by atoms with E-state index in [0.29, 0.717) is 10.7 Å². The van der Waals surface area contributed by atoms with E-state index in [0.717, 1.165) is 4.47 Å². The van der Waals surface area contributed by atoms with E-state index < -0.39 is 0 Å². The van der Waals surface area contributed by atoms with Gasteiger partial charge in [-0.1, -0.05) is 11.6 Å². The summed E-state index contributed by atoms with van der Waals surface area (Å²) in [6, 6.07) is 6.67. The zero-order valence-electron chi connectivity index (χ0n) is 9.60. The molecule has 0 fully saturated rings. The number of halogens is 2. The zero-order chi connectivity index (χ0) is 13.1. The average Bonchev–Trinajstić information content (AvgIpc) is 2.86. The van der Waals surface area contributed by atoms with Gasteiger partial charge in [0.1, 0.15) is 6.04 Å². The summed E-state index contributed by atoms with van der Waals surface area (Å²) in [4.78, 5) is 12.0. The highest BCUT2D eigenvalue weighted by Gasteiger charge is 2.15. The highest BCUT2D eigenvalue weighted by molar-refractivity contribution is 9.10. The summed E-state index contributed by atoms with van der Waals surface area (Å²) < 4.78 is 2.39. The van der Waals surface area contributed by atoms with Gasteiger partial charge < -0.3 is 5.32 Å². The highest BCUT2D eigenvalue weighted by atomic mass is 79.9. The van der Waals surface area contributed by atoms with Crippen molar-refractivity contribution in [2.75, 3.05) is 5.32 Å². The van der Waals surface area contributed by atoms with E-state index >= 15 is 0 Å². The minimum absolute atomic E-state index is 0.142. The fraction of sp³-hybridized carbons (Fsp3) is 0.167. The van der Waals surface area contributed by atoms with Crippen molar-refractivity contribution >= 4 is 39.1 Å². The van der Waals surface area contributed by atoms with Gasteiger partial charge in [-0.3, -0.25) is 9.48 Å². The van der Waals surface area contributed by atoms with Crippen molar-refractivity contribution in [2.45, 2.75) is 13.0 Å². The molecule has 0 bridgehead atoms. The van der Waals surface area contributed by atoms with E-state index in [4.69, 9.17) is 11.6 Å². The molecule has 0 aliphatic carbocycles. The third-order valence-corrected chi connectivity index (χ3v) is 3.72. The van der Waals surface area contributed by atoms with Crippen molar-refractivity contribution in [3.8, 4) is 0 Å². The third kappa shape index (κ3) is 2.91. The molecule has 0 saturated carbocycles. The Morgan fingerprint density at radius 1 is 1.56 bits per heavy atom. The lowest BCUT2D eigenvalue weighted by Gasteiger charge is -2.13.